The molecule has 0 aliphatic heterocycles. The van der Waals surface area contributed by atoms with E-state index in [0.29, 0.717) is 16.9 Å². The van der Waals surface area contributed by atoms with Gasteiger partial charge < -0.3 is 4.74 Å². The third kappa shape index (κ3) is 2.36. The molecule has 0 amide bonds. The van der Waals surface area contributed by atoms with E-state index in [4.69, 9.17) is 0 Å². The van der Waals surface area contributed by atoms with Gasteiger partial charge in [-0.1, -0.05) is 6.42 Å². The molecule has 2 aliphatic carbocycles. The van der Waals surface area contributed by atoms with E-state index in [-0.39, 0.29) is 22.8 Å². The van der Waals surface area contributed by atoms with Crippen molar-refractivity contribution >= 4 is 23.5 Å². The van der Waals surface area contributed by atoms with E-state index < -0.39 is 11.9 Å². The van der Waals surface area contributed by atoms with Gasteiger partial charge in [0.15, 0.2) is 5.78 Å². The van der Waals surface area contributed by atoms with Crippen LogP contribution in [0.25, 0.3) is 0 Å². The lowest BCUT2D eigenvalue weighted by atomic mass is 9.67. The van der Waals surface area contributed by atoms with Crippen molar-refractivity contribution < 1.29 is 14.3 Å². The molecule has 0 heterocycles. The van der Waals surface area contributed by atoms with Gasteiger partial charge in [-0.15, -0.1) is 11.8 Å². The molecule has 1 saturated carbocycles. The Morgan fingerprint density at radius 1 is 1.33 bits per heavy atom. The zero-order valence-electron chi connectivity index (χ0n) is 11.8. The van der Waals surface area contributed by atoms with Crippen LogP contribution < -0.4 is 0 Å². The number of nitrogens with zero attached hydrogens (tertiary/aromatic N) is 2. The molecule has 108 valence electrons. The van der Waals surface area contributed by atoms with E-state index in [1.165, 1.54) is 18.9 Å². The molecule has 2 unspecified atom stereocenters. The summed E-state index contributed by atoms with van der Waals surface area (Å²) in [7, 11) is 1.21. The number of Topliss-reactive ketones (excluding diaryl/α,β-unsaturated/α-hetero) is 1. The largest absolute Gasteiger partial charge is 0.465 e. The van der Waals surface area contributed by atoms with Crippen LogP contribution in [0.4, 0.5) is 0 Å². The van der Waals surface area contributed by atoms with Crippen molar-refractivity contribution in [2.24, 2.45) is 11.8 Å². The summed E-state index contributed by atoms with van der Waals surface area (Å²) in [5.74, 6) is -1.72. The van der Waals surface area contributed by atoms with Gasteiger partial charge >= 0.3 is 5.97 Å². The van der Waals surface area contributed by atoms with Crippen LogP contribution >= 0.6 is 11.8 Å². The Balaban J connectivity index is 2.72. The summed E-state index contributed by atoms with van der Waals surface area (Å²) in [6, 6.07) is 3.88. The number of methoxy groups -OCH3 is 1. The Hall–Kier alpha value is -2.05. The molecule has 0 saturated heterocycles. The number of allylic oxidation sites excluding steroid dienone is 3. The summed E-state index contributed by atoms with van der Waals surface area (Å²) >= 11 is 1.34. The van der Waals surface area contributed by atoms with Crippen molar-refractivity contribution in [3.8, 4) is 12.1 Å². The lowest BCUT2D eigenvalue weighted by Gasteiger charge is -2.37. The molecule has 0 aromatic heterocycles. The molecule has 0 spiro atoms. The fourth-order valence-corrected chi connectivity index (χ4v) is 4.01. The molecule has 6 heteroatoms. The standard InChI is InChI=1S/C15H14N2O3S/c1-20-15(19)10(6-16)12-8-4-3-5-9(12)14(21-2)11(7-17)13(8)18/h8-9H,3-5H2,1-2H3/b12-10+. The maximum Gasteiger partial charge on any atom is 0.348 e. The molecule has 5 nitrogen and oxygen atoms in total. The predicted octanol–water partition coefficient (Wildman–Crippen LogP) is 2.12. The number of esters is 1. The highest BCUT2D eigenvalue weighted by Gasteiger charge is 2.44. The number of fused-ring (bicyclic) bond motifs is 2. The van der Waals surface area contributed by atoms with Crippen LogP contribution in [0, 0.1) is 34.5 Å². The van der Waals surface area contributed by atoms with Gasteiger partial charge in [0.1, 0.15) is 23.3 Å². The minimum absolute atomic E-state index is 0.0795. The highest BCUT2D eigenvalue weighted by molar-refractivity contribution is 8.02. The molecule has 1 fully saturated rings. The van der Waals surface area contributed by atoms with Crippen LogP contribution in [0.15, 0.2) is 21.6 Å². The summed E-state index contributed by atoms with van der Waals surface area (Å²) in [5, 5.41) is 18.5. The third-order valence-electron chi connectivity index (χ3n) is 3.98. The van der Waals surface area contributed by atoms with E-state index in [2.05, 4.69) is 4.74 Å². The maximum absolute atomic E-state index is 12.5. The van der Waals surface area contributed by atoms with Gasteiger partial charge in [0.2, 0.25) is 0 Å². The third-order valence-corrected chi connectivity index (χ3v) is 4.91. The molecule has 0 aromatic rings. The smallest absolute Gasteiger partial charge is 0.348 e. The highest BCUT2D eigenvalue weighted by Crippen LogP contribution is 2.49. The van der Waals surface area contributed by atoms with Crippen LogP contribution in [-0.4, -0.2) is 25.1 Å². The van der Waals surface area contributed by atoms with Gasteiger partial charge in [-0.25, -0.2) is 4.79 Å². The fraction of sp³-hybridized carbons (Fsp3) is 0.467. The Morgan fingerprint density at radius 2 is 2.00 bits per heavy atom. The number of carbonyl (C=O) groups excluding carboxylic acids is 2. The van der Waals surface area contributed by atoms with Crippen molar-refractivity contribution in [1.82, 2.24) is 0 Å². The van der Waals surface area contributed by atoms with Gasteiger partial charge in [-0.05, 0) is 24.7 Å². The first-order valence-corrected chi connectivity index (χ1v) is 7.78. The number of hydrogen-bond donors (Lipinski definition) is 0. The summed E-state index contributed by atoms with van der Waals surface area (Å²) in [6.45, 7) is 0. The zero-order chi connectivity index (χ0) is 15.6. The molecule has 0 aromatic carbocycles. The highest BCUT2D eigenvalue weighted by atomic mass is 32.2. The Labute approximate surface area is 127 Å². The first-order chi connectivity index (χ1) is 10.1. The van der Waals surface area contributed by atoms with Gasteiger partial charge in [0.25, 0.3) is 0 Å². The van der Waals surface area contributed by atoms with Crippen LogP contribution in [0.1, 0.15) is 19.3 Å². The molecular weight excluding hydrogens is 288 g/mol. The lowest BCUT2D eigenvalue weighted by Crippen LogP contribution is -2.35. The van der Waals surface area contributed by atoms with Gasteiger partial charge in [0, 0.05) is 16.7 Å². The number of rotatable bonds is 2. The van der Waals surface area contributed by atoms with Crippen LogP contribution in [0.2, 0.25) is 0 Å². The zero-order valence-corrected chi connectivity index (χ0v) is 12.6. The molecule has 0 N–H and O–H groups in total. The van der Waals surface area contributed by atoms with Crippen LogP contribution in [0.3, 0.4) is 0 Å². The maximum atomic E-state index is 12.5. The topological polar surface area (TPSA) is 90.9 Å². The fourth-order valence-electron chi connectivity index (χ4n) is 3.13. The molecule has 2 aliphatic rings. The van der Waals surface area contributed by atoms with Crippen molar-refractivity contribution in [1.29, 1.82) is 10.5 Å². The molecular formula is C15H14N2O3S. The Kier molecular flexibility index (Phi) is 4.50. The van der Waals surface area contributed by atoms with E-state index in [1.54, 1.807) is 6.26 Å². The summed E-state index contributed by atoms with van der Waals surface area (Å²) in [5.41, 5.74) is 0.649. The van der Waals surface area contributed by atoms with E-state index in [0.717, 1.165) is 12.8 Å². The second-order valence-electron chi connectivity index (χ2n) is 4.89. The number of ketones is 1. The Bertz CT molecular complexity index is 649. The van der Waals surface area contributed by atoms with E-state index >= 15 is 0 Å². The number of ether oxygens (including phenoxy) is 1. The van der Waals surface area contributed by atoms with Gasteiger partial charge in [-0.3, -0.25) is 4.79 Å². The second kappa shape index (κ2) is 6.15. The summed E-state index contributed by atoms with van der Waals surface area (Å²) < 4.78 is 4.66. The SMILES string of the molecule is COC(=O)/C(C#N)=C1\C2CCCC1C(SC)=C(C#N)C2=O. The summed E-state index contributed by atoms with van der Waals surface area (Å²) in [6.07, 6.45) is 3.95. The van der Waals surface area contributed by atoms with Gasteiger partial charge in [-0.2, -0.15) is 10.5 Å². The van der Waals surface area contributed by atoms with Crippen molar-refractivity contribution in [3.63, 3.8) is 0 Å². The minimum Gasteiger partial charge on any atom is -0.465 e. The first kappa shape index (κ1) is 15.3. The first-order valence-electron chi connectivity index (χ1n) is 6.55. The normalized spacial score (nSPS) is 26.8. The minimum atomic E-state index is -0.710. The van der Waals surface area contributed by atoms with Crippen molar-refractivity contribution in [2.45, 2.75) is 19.3 Å². The number of carbonyl (C=O) groups is 2. The monoisotopic (exact) mass is 302 g/mol. The second-order valence-corrected chi connectivity index (χ2v) is 5.74. The number of hydrogen-bond acceptors (Lipinski definition) is 6. The number of thioether (sulfide) groups is 1. The predicted molar refractivity (Wildman–Crippen MR) is 76.6 cm³/mol. The van der Waals surface area contributed by atoms with Crippen molar-refractivity contribution in [3.05, 3.63) is 21.6 Å². The average molecular weight is 302 g/mol. The van der Waals surface area contributed by atoms with E-state index in [9.17, 15) is 20.1 Å². The number of nitriles is 2. The van der Waals surface area contributed by atoms with Crippen molar-refractivity contribution in [2.75, 3.05) is 13.4 Å². The van der Waals surface area contributed by atoms with Crippen LogP contribution in [-0.2, 0) is 14.3 Å². The average Bonchev–Trinajstić information content (AvgIpc) is 2.51. The quantitative estimate of drug-likeness (QED) is 0.441. The molecule has 21 heavy (non-hydrogen) atoms. The Morgan fingerprint density at radius 3 is 2.52 bits per heavy atom. The molecule has 2 atom stereocenters. The van der Waals surface area contributed by atoms with Crippen LogP contribution in [0.5, 0.6) is 0 Å². The molecule has 2 bridgehead atoms. The van der Waals surface area contributed by atoms with E-state index in [1.807, 2.05) is 12.1 Å². The summed E-state index contributed by atoms with van der Waals surface area (Å²) in [4.78, 5) is 25.0. The molecule has 0 radical (unpaired) electrons. The van der Waals surface area contributed by atoms with Gasteiger partial charge in [0.05, 0.1) is 7.11 Å². The lowest BCUT2D eigenvalue weighted by molar-refractivity contribution is -0.135. The molecule has 2 rings (SSSR count).